The van der Waals surface area contributed by atoms with Crippen LogP contribution in [0.2, 0.25) is 5.28 Å². The minimum atomic E-state index is -0.890. The van der Waals surface area contributed by atoms with Crippen molar-refractivity contribution in [3.05, 3.63) is 56.5 Å². The Balaban J connectivity index is 1.68. The molecule has 1 aromatic carbocycles. The van der Waals surface area contributed by atoms with Crippen LogP contribution in [0.5, 0.6) is 0 Å². The van der Waals surface area contributed by atoms with Crippen LogP contribution in [0.3, 0.4) is 0 Å². The van der Waals surface area contributed by atoms with Crippen molar-refractivity contribution in [1.29, 1.82) is 0 Å². The van der Waals surface area contributed by atoms with Gasteiger partial charge in [0.15, 0.2) is 0 Å². The number of carboxylic acid groups (broad SMARTS) is 1. The quantitative estimate of drug-likeness (QED) is 0.454. The Hall–Kier alpha value is -2.94. The summed E-state index contributed by atoms with van der Waals surface area (Å²) in [7, 11) is 0. The van der Waals surface area contributed by atoms with Crippen molar-refractivity contribution in [2.24, 2.45) is 0 Å². The molecule has 1 aliphatic heterocycles. The first-order valence-corrected chi connectivity index (χ1v) is 8.72. The molecule has 10 heteroatoms. The first-order chi connectivity index (χ1) is 12.8. The second-order valence-corrected chi connectivity index (χ2v) is 6.68. The van der Waals surface area contributed by atoms with Crippen molar-refractivity contribution in [1.82, 2.24) is 14.9 Å². The SMILES string of the molecule is Cc1nc(Cl)nc(NCc2ccc(C3CCN(C(=O)O)C3)cc2)c1[N+](=O)[O-]. The number of hydrogen-bond acceptors (Lipinski definition) is 6. The standard InChI is InChI=1S/C17H18ClN5O4/c1-10-14(23(26)27)15(21-16(18)20-10)19-8-11-2-4-12(5-3-11)13-6-7-22(9-13)17(24)25/h2-5,13H,6-9H2,1H3,(H,24,25)(H,19,20,21). The molecule has 0 aliphatic carbocycles. The Morgan fingerprint density at radius 1 is 1.41 bits per heavy atom. The minimum absolute atomic E-state index is 0.0554. The second-order valence-electron chi connectivity index (χ2n) is 6.34. The average Bonchev–Trinajstić information content (AvgIpc) is 3.10. The predicted octanol–water partition coefficient (Wildman–Crippen LogP) is 3.43. The lowest BCUT2D eigenvalue weighted by molar-refractivity contribution is -0.385. The maximum Gasteiger partial charge on any atom is 0.407 e. The Bertz CT molecular complexity index is 874. The minimum Gasteiger partial charge on any atom is -0.465 e. The first-order valence-electron chi connectivity index (χ1n) is 8.34. The van der Waals surface area contributed by atoms with E-state index >= 15 is 0 Å². The third kappa shape index (κ3) is 4.25. The van der Waals surface area contributed by atoms with E-state index in [0.717, 1.165) is 17.5 Å². The number of likely N-dealkylation sites (tertiary alicyclic amines) is 1. The number of benzene rings is 1. The zero-order valence-corrected chi connectivity index (χ0v) is 15.3. The van der Waals surface area contributed by atoms with E-state index in [9.17, 15) is 14.9 Å². The number of amides is 1. The summed E-state index contributed by atoms with van der Waals surface area (Å²) in [4.78, 5) is 30.9. The van der Waals surface area contributed by atoms with Crippen LogP contribution in [0, 0.1) is 17.0 Å². The summed E-state index contributed by atoms with van der Waals surface area (Å²) < 4.78 is 0. The van der Waals surface area contributed by atoms with Gasteiger partial charge in [0.25, 0.3) is 0 Å². The third-order valence-electron chi connectivity index (χ3n) is 4.58. The molecular formula is C17H18ClN5O4. The molecule has 142 valence electrons. The van der Waals surface area contributed by atoms with Crippen LogP contribution in [0.4, 0.5) is 16.3 Å². The molecule has 0 spiro atoms. The van der Waals surface area contributed by atoms with Gasteiger partial charge < -0.3 is 15.3 Å². The molecule has 2 N–H and O–H groups in total. The van der Waals surface area contributed by atoms with E-state index < -0.39 is 11.0 Å². The fourth-order valence-electron chi connectivity index (χ4n) is 3.17. The molecule has 1 atom stereocenters. The highest BCUT2D eigenvalue weighted by molar-refractivity contribution is 6.28. The largest absolute Gasteiger partial charge is 0.465 e. The highest BCUT2D eigenvalue weighted by atomic mass is 35.5. The van der Waals surface area contributed by atoms with Gasteiger partial charge in [-0.1, -0.05) is 24.3 Å². The molecule has 0 radical (unpaired) electrons. The zero-order chi connectivity index (χ0) is 19.6. The number of anilines is 1. The normalized spacial score (nSPS) is 16.4. The van der Waals surface area contributed by atoms with Gasteiger partial charge in [0.05, 0.1) is 4.92 Å². The molecule has 1 aliphatic rings. The number of rotatable bonds is 5. The number of aromatic nitrogens is 2. The topological polar surface area (TPSA) is 121 Å². The van der Waals surface area contributed by atoms with Crippen LogP contribution in [-0.4, -0.2) is 44.1 Å². The lowest BCUT2D eigenvalue weighted by Gasteiger charge is -2.13. The Labute approximate surface area is 160 Å². The summed E-state index contributed by atoms with van der Waals surface area (Å²) in [6, 6.07) is 7.74. The lowest BCUT2D eigenvalue weighted by Crippen LogP contribution is -2.26. The van der Waals surface area contributed by atoms with Crippen LogP contribution in [0.15, 0.2) is 24.3 Å². The van der Waals surface area contributed by atoms with Gasteiger partial charge in [-0.15, -0.1) is 0 Å². The van der Waals surface area contributed by atoms with Gasteiger partial charge in [0.1, 0.15) is 5.69 Å². The molecule has 1 aromatic heterocycles. The van der Waals surface area contributed by atoms with E-state index in [-0.39, 0.29) is 28.4 Å². The maximum absolute atomic E-state index is 11.2. The van der Waals surface area contributed by atoms with Crippen LogP contribution in [0.25, 0.3) is 0 Å². The van der Waals surface area contributed by atoms with Crippen molar-refractivity contribution >= 4 is 29.2 Å². The molecule has 2 heterocycles. The highest BCUT2D eigenvalue weighted by Gasteiger charge is 2.27. The molecule has 0 bridgehead atoms. The number of nitrogens with one attached hydrogen (secondary N) is 1. The molecule has 1 amide bonds. The van der Waals surface area contributed by atoms with Crippen LogP contribution in [-0.2, 0) is 6.54 Å². The van der Waals surface area contributed by atoms with Crippen LogP contribution < -0.4 is 5.32 Å². The van der Waals surface area contributed by atoms with Gasteiger partial charge in [-0.3, -0.25) is 10.1 Å². The van der Waals surface area contributed by atoms with Crippen molar-refractivity contribution in [2.75, 3.05) is 18.4 Å². The van der Waals surface area contributed by atoms with E-state index in [1.807, 2.05) is 24.3 Å². The van der Waals surface area contributed by atoms with Gasteiger partial charge in [0, 0.05) is 25.6 Å². The smallest absolute Gasteiger partial charge is 0.407 e. The Morgan fingerprint density at radius 2 is 2.11 bits per heavy atom. The number of hydrogen-bond donors (Lipinski definition) is 2. The van der Waals surface area contributed by atoms with Gasteiger partial charge >= 0.3 is 11.8 Å². The third-order valence-corrected chi connectivity index (χ3v) is 4.75. The zero-order valence-electron chi connectivity index (χ0n) is 14.6. The summed E-state index contributed by atoms with van der Waals surface area (Å²) >= 11 is 5.81. The van der Waals surface area contributed by atoms with E-state index in [1.165, 1.54) is 11.8 Å². The van der Waals surface area contributed by atoms with E-state index in [0.29, 0.717) is 19.6 Å². The molecule has 27 heavy (non-hydrogen) atoms. The highest BCUT2D eigenvalue weighted by Crippen LogP contribution is 2.29. The summed E-state index contributed by atoms with van der Waals surface area (Å²) in [5, 5.41) is 23.2. The lowest BCUT2D eigenvalue weighted by atomic mass is 9.97. The molecule has 2 aromatic rings. The first kappa shape index (κ1) is 18.8. The number of nitro groups is 1. The van der Waals surface area contributed by atoms with E-state index in [4.69, 9.17) is 16.7 Å². The molecule has 0 saturated carbocycles. The predicted molar refractivity (Wildman–Crippen MR) is 99.2 cm³/mol. The van der Waals surface area contributed by atoms with Gasteiger partial charge in [-0.25, -0.2) is 9.78 Å². The molecule has 1 saturated heterocycles. The van der Waals surface area contributed by atoms with Crippen LogP contribution in [0.1, 0.15) is 29.2 Å². The number of aryl methyl sites for hydroxylation is 1. The number of halogens is 1. The fraction of sp³-hybridized carbons (Fsp3) is 0.353. The number of carbonyl (C=O) groups is 1. The van der Waals surface area contributed by atoms with Crippen LogP contribution >= 0.6 is 11.6 Å². The summed E-state index contributed by atoms with van der Waals surface area (Å²) in [5.74, 6) is 0.266. The molecule has 9 nitrogen and oxygen atoms in total. The van der Waals surface area contributed by atoms with Crippen molar-refractivity contribution in [3.63, 3.8) is 0 Å². The van der Waals surface area contributed by atoms with Gasteiger partial charge in [0.2, 0.25) is 11.1 Å². The Morgan fingerprint density at radius 3 is 2.70 bits per heavy atom. The molecule has 3 rings (SSSR count). The summed E-state index contributed by atoms with van der Waals surface area (Å²) in [6.45, 7) is 2.88. The van der Waals surface area contributed by atoms with Gasteiger partial charge in [-0.2, -0.15) is 4.98 Å². The molecule has 1 fully saturated rings. The van der Waals surface area contributed by atoms with E-state index in [1.54, 1.807) is 0 Å². The number of nitrogens with zero attached hydrogens (tertiary/aromatic N) is 4. The Kier molecular flexibility index (Phi) is 5.41. The van der Waals surface area contributed by atoms with E-state index in [2.05, 4.69) is 15.3 Å². The van der Waals surface area contributed by atoms with Crippen molar-refractivity contribution < 1.29 is 14.8 Å². The average molecular weight is 392 g/mol. The van der Waals surface area contributed by atoms with Gasteiger partial charge in [-0.05, 0) is 36.1 Å². The monoisotopic (exact) mass is 391 g/mol. The molecule has 1 unspecified atom stereocenters. The second kappa shape index (κ2) is 7.75. The maximum atomic E-state index is 11.2. The van der Waals surface area contributed by atoms with Crippen molar-refractivity contribution in [2.45, 2.75) is 25.8 Å². The summed E-state index contributed by atoms with van der Waals surface area (Å²) in [6.07, 6.45) is -0.0897. The fourth-order valence-corrected chi connectivity index (χ4v) is 3.39. The summed E-state index contributed by atoms with van der Waals surface area (Å²) in [5.41, 5.74) is 1.99. The van der Waals surface area contributed by atoms with Crippen molar-refractivity contribution in [3.8, 4) is 0 Å². The molecular weight excluding hydrogens is 374 g/mol.